The Labute approximate surface area is 259 Å². The third-order valence-electron chi connectivity index (χ3n) is 9.19. The van der Waals surface area contributed by atoms with E-state index in [-0.39, 0.29) is 10.8 Å². The highest BCUT2D eigenvalue weighted by Gasteiger charge is 2.23. The predicted octanol–water partition coefficient (Wildman–Crippen LogP) is 11.5. The van der Waals surface area contributed by atoms with Gasteiger partial charge in [0.25, 0.3) is 0 Å². The smallest absolute Gasteiger partial charge is 0.0974 e. The minimum Gasteiger partial charge on any atom is -0.250 e. The first-order valence-corrected chi connectivity index (χ1v) is 15.6. The van der Waals surface area contributed by atoms with Crippen LogP contribution in [0.25, 0.3) is 77.1 Å². The van der Waals surface area contributed by atoms with Gasteiger partial charge in [0.2, 0.25) is 0 Å². The molecule has 2 heterocycles. The van der Waals surface area contributed by atoms with Crippen LogP contribution in [-0.4, -0.2) is 9.97 Å². The molecule has 8 rings (SSSR count). The van der Waals surface area contributed by atoms with Crippen LogP contribution in [0.2, 0.25) is 0 Å². The van der Waals surface area contributed by atoms with Gasteiger partial charge in [-0.05, 0) is 79.5 Å². The molecule has 214 valence electrons. The van der Waals surface area contributed by atoms with E-state index in [1.807, 2.05) is 0 Å². The van der Waals surface area contributed by atoms with Gasteiger partial charge >= 0.3 is 0 Å². The van der Waals surface area contributed by atoms with Gasteiger partial charge in [0.1, 0.15) is 0 Å². The van der Waals surface area contributed by atoms with Crippen LogP contribution in [0.1, 0.15) is 52.9 Å². The Morgan fingerprint density at radius 2 is 1.05 bits per heavy atom. The van der Waals surface area contributed by atoms with Gasteiger partial charge in [0, 0.05) is 33.0 Å². The Hall–Kier alpha value is -4.82. The SMILES string of the molecule is CC(C)(C)c1ccc2ccc3c(-c4cccc(-c5ccc6c(c5)-c5cccc7cccc-6c57)c4)cc(C(C)(C)C)nc3c2n1. The van der Waals surface area contributed by atoms with Crippen LogP contribution in [0.4, 0.5) is 0 Å². The first-order chi connectivity index (χ1) is 21.1. The number of rotatable bonds is 2. The lowest BCUT2D eigenvalue weighted by Crippen LogP contribution is -2.15. The fourth-order valence-corrected chi connectivity index (χ4v) is 6.75. The summed E-state index contributed by atoms with van der Waals surface area (Å²) >= 11 is 0. The quantitative estimate of drug-likeness (QED) is 0.194. The molecule has 2 aromatic heterocycles. The monoisotopic (exact) mass is 568 g/mol. The molecule has 1 aliphatic rings. The van der Waals surface area contributed by atoms with Crippen molar-refractivity contribution in [3.8, 4) is 44.5 Å². The van der Waals surface area contributed by atoms with Crippen LogP contribution in [-0.2, 0) is 10.8 Å². The number of hydrogen-bond acceptors (Lipinski definition) is 2. The summed E-state index contributed by atoms with van der Waals surface area (Å²) in [4.78, 5) is 10.5. The van der Waals surface area contributed by atoms with E-state index in [4.69, 9.17) is 9.97 Å². The highest BCUT2D eigenvalue weighted by Crippen LogP contribution is 2.48. The fraction of sp³-hybridized carbons (Fsp3) is 0.190. The topological polar surface area (TPSA) is 25.8 Å². The second-order valence-electron chi connectivity index (χ2n) is 14.3. The highest BCUT2D eigenvalue weighted by atomic mass is 14.8. The molecule has 0 fully saturated rings. The van der Waals surface area contributed by atoms with E-state index in [1.165, 1.54) is 55.3 Å². The van der Waals surface area contributed by atoms with E-state index >= 15 is 0 Å². The second-order valence-corrected chi connectivity index (χ2v) is 14.3. The minimum atomic E-state index is -0.111. The molecule has 5 aromatic carbocycles. The van der Waals surface area contributed by atoms with E-state index in [0.717, 1.165) is 33.2 Å². The van der Waals surface area contributed by atoms with E-state index in [0.29, 0.717) is 0 Å². The van der Waals surface area contributed by atoms with Crippen molar-refractivity contribution >= 4 is 32.6 Å². The first-order valence-electron chi connectivity index (χ1n) is 15.6. The van der Waals surface area contributed by atoms with Crippen molar-refractivity contribution in [3.63, 3.8) is 0 Å². The standard InChI is InChI=1S/C42H36N2/c1-41(2,3)36-21-18-26-16-20-33-34(24-37(42(4,5)6)44-40(33)39(26)43-36)29-13-7-12-27(22-29)28-17-19-30-31-14-8-10-25-11-9-15-32(38(25)31)35(30)23-28/h7-24H,1-6H3. The molecule has 0 atom stereocenters. The summed E-state index contributed by atoms with van der Waals surface area (Å²) in [5.41, 5.74) is 14.1. The van der Waals surface area contributed by atoms with Gasteiger partial charge in [0.15, 0.2) is 0 Å². The third kappa shape index (κ3) is 4.16. The van der Waals surface area contributed by atoms with Crippen molar-refractivity contribution in [3.05, 3.63) is 121 Å². The lowest BCUT2D eigenvalue weighted by Gasteiger charge is -2.22. The molecule has 2 heteroatoms. The summed E-state index contributed by atoms with van der Waals surface area (Å²) in [7, 11) is 0. The van der Waals surface area contributed by atoms with Crippen molar-refractivity contribution in [2.24, 2.45) is 0 Å². The molecule has 0 unspecified atom stereocenters. The van der Waals surface area contributed by atoms with Gasteiger partial charge < -0.3 is 0 Å². The van der Waals surface area contributed by atoms with Crippen LogP contribution in [0.3, 0.4) is 0 Å². The van der Waals surface area contributed by atoms with E-state index in [2.05, 4.69) is 151 Å². The molecule has 1 aliphatic carbocycles. The molecule has 0 saturated carbocycles. The van der Waals surface area contributed by atoms with Gasteiger partial charge in [-0.25, -0.2) is 9.97 Å². The Balaban J connectivity index is 1.32. The molecule has 44 heavy (non-hydrogen) atoms. The Kier molecular flexibility index (Phi) is 5.68. The zero-order chi connectivity index (χ0) is 30.4. The second kappa shape index (κ2) is 9.34. The average Bonchev–Trinajstić information content (AvgIpc) is 3.34. The molecule has 0 amide bonds. The largest absolute Gasteiger partial charge is 0.250 e. The molecule has 7 aromatic rings. The molecule has 0 saturated heterocycles. The van der Waals surface area contributed by atoms with Crippen molar-refractivity contribution < 1.29 is 0 Å². The van der Waals surface area contributed by atoms with Crippen molar-refractivity contribution in [1.29, 1.82) is 0 Å². The lowest BCUT2D eigenvalue weighted by atomic mass is 9.87. The molecule has 0 radical (unpaired) electrons. The van der Waals surface area contributed by atoms with Crippen molar-refractivity contribution in [2.45, 2.75) is 52.4 Å². The average molecular weight is 569 g/mol. The summed E-state index contributed by atoms with van der Waals surface area (Å²) in [5, 5.41) is 4.93. The molecule has 0 spiro atoms. The van der Waals surface area contributed by atoms with Crippen molar-refractivity contribution in [2.75, 3.05) is 0 Å². The van der Waals surface area contributed by atoms with Gasteiger partial charge in [0.05, 0.1) is 11.0 Å². The van der Waals surface area contributed by atoms with E-state index in [9.17, 15) is 0 Å². The van der Waals surface area contributed by atoms with Crippen LogP contribution < -0.4 is 0 Å². The maximum atomic E-state index is 5.28. The van der Waals surface area contributed by atoms with Crippen LogP contribution in [0.5, 0.6) is 0 Å². The molecule has 0 N–H and O–H groups in total. The molecule has 2 nitrogen and oxygen atoms in total. The molecule has 0 bridgehead atoms. The molecular weight excluding hydrogens is 532 g/mol. The Morgan fingerprint density at radius 3 is 1.80 bits per heavy atom. The van der Waals surface area contributed by atoms with Gasteiger partial charge in [-0.2, -0.15) is 0 Å². The fourth-order valence-electron chi connectivity index (χ4n) is 6.75. The number of aromatic nitrogens is 2. The summed E-state index contributed by atoms with van der Waals surface area (Å²) < 4.78 is 0. The van der Waals surface area contributed by atoms with Crippen LogP contribution in [0, 0.1) is 0 Å². The minimum absolute atomic E-state index is 0.0437. The number of pyridine rings is 2. The maximum absolute atomic E-state index is 5.28. The zero-order valence-electron chi connectivity index (χ0n) is 26.3. The van der Waals surface area contributed by atoms with Crippen LogP contribution >= 0.6 is 0 Å². The zero-order valence-corrected chi connectivity index (χ0v) is 26.3. The number of benzene rings is 5. The number of fused-ring (bicyclic) bond motifs is 6. The number of nitrogens with zero attached hydrogens (tertiary/aromatic N) is 2. The summed E-state index contributed by atoms with van der Waals surface area (Å²) in [5.74, 6) is 0. The van der Waals surface area contributed by atoms with Crippen molar-refractivity contribution in [1.82, 2.24) is 9.97 Å². The molecular formula is C42H36N2. The highest BCUT2D eigenvalue weighted by molar-refractivity contribution is 6.15. The third-order valence-corrected chi connectivity index (χ3v) is 9.19. The van der Waals surface area contributed by atoms with E-state index < -0.39 is 0 Å². The summed E-state index contributed by atoms with van der Waals surface area (Å²) in [6.07, 6.45) is 0. The summed E-state index contributed by atoms with van der Waals surface area (Å²) in [6.45, 7) is 13.4. The van der Waals surface area contributed by atoms with Crippen LogP contribution in [0.15, 0.2) is 109 Å². The van der Waals surface area contributed by atoms with Gasteiger partial charge in [-0.3, -0.25) is 0 Å². The maximum Gasteiger partial charge on any atom is 0.0974 e. The predicted molar refractivity (Wildman–Crippen MR) is 187 cm³/mol. The number of hydrogen-bond donors (Lipinski definition) is 0. The van der Waals surface area contributed by atoms with Gasteiger partial charge in [-0.15, -0.1) is 0 Å². The first kappa shape index (κ1) is 26.8. The Morgan fingerprint density at radius 1 is 0.409 bits per heavy atom. The van der Waals surface area contributed by atoms with E-state index in [1.54, 1.807) is 0 Å². The van der Waals surface area contributed by atoms with Gasteiger partial charge in [-0.1, -0.05) is 126 Å². The Bertz CT molecular complexity index is 2290. The normalized spacial score (nSPS) is 12.8. The molecule has 0 aliphatic heterocycles. The lowest BCUT2D eigenvalue weighted by molar-refractivity contribution is 0.570. The summed E-state index contributed by atoms with van der Waals surface area (Å²) in [6, 6.07) is 40.3.